The van der Waals surface area contributed by atoms with E-state index in [9.17, 15) is 19.2 Å². The molecule has 0 saturated carbocycles. The van der Waals surface area contributed by atoms with Crippen LogP contribution in [-0.2, 0) is 9.59 Å². The fourth-order valence-corrected chi connectivity index (χ4v) is 1.46. The molecule has 0 bridgehead atoms. The second-order valence-electron chi connectivity index (χ2n) is 4.24. The third-order valence-corrected chi connectivity index (χ3v) is 2.52. The van der Waals surface area contributed by atoms with E-state index in [1.807, 2.05) is 0 Å². The first-order valence-corrected chi connectivity index (χ1v) is 6.05. The Hall–Kier alpha value is -2.50. The van der Waals surface area contributed by atoms with Crippen LogP contribution in [0.3, 0.4) is 0 Å². The molecule has 0 aromatic heterocycles. The third kappa shape index (κ3) is 5.01. The van der Waals surface area contributed by atoms with Crippen LogP contribution in [0.15, 0.2) is 24.3 Å². The minimum absolute atomic E-state index is 0.0749. The summed E-state index contributed by atoms with van der Waals surface area (Å²) in [6.07, 6.45) is 0. The van der Waals surface area contributed by atoms with Gasteiger partial charge >= 0.3 is 0 Å². The van der Waals surface area contributed by atoms with E-state index < -0.39 is 0 Å². The summed E-state index contributed by atoms with van der Waals surface area (Å²) < 4.78 is 0. The summed E-state index contributed by atoms with van der Waals surface area (Å²) in [5, 5.41) is 4.82. The molecule has 1 aromatic rings. The molecule has 0 heterocycles. The minimum atomic E-state index is -0.277. The summed E-state index contributed by atoms with van der Waals surface area (Å²) in [5.41, 5.74) is 0.824. The van der Waals surface area contributed by atoms with Gasteiger partial charge in [0.05, 0.1) is 13.1 Å². The highest BCUT2D eigenvalue weighted by Crippen LogP contribution is 2.06. The number of rotatable bonds is 6. The van der Waals surface area contributed by atoms with Gasteiger partial charge in [-0.1, -0.05) is 24.3 Å². The SMILES string of the molecule is CC(=O)NCC(=O)c1ccc(C(=O)CNC(C)=O)cc1. The summed E-state index contributed by atoms with van der Waals surface area (Å²) in [7, 11) is 0. The van der Waals surface area contributed by atoms with Crippen LogP contribution in [0.4, 0.5) is 0 Å². The number of hydrogen-bond donors (Lipinski definition) is 2. The molecule has 0 fully saturated rings. The third-order valence-electron chi connectivity index (χ3n) is 2.52. The molecule has 106 valence electrons. The van der Waals surface area contributed by atoms with Crippen LogP contribution in [0.5, 0.6) is 0 Å². The highest BCUT2D eigenvalue weighted by Gasteiger charge is 2.09. The Bertz CT molecular complexity index is 486. The van der Waals surface area contributed by atoms with E-state index in [4.69, 9.17) is 0 Å². The maximum absolute atomic E-state index is 11.7. The molecule has 0 spiro atoms. The van der Waals surface area contributed by atoms with Crippen LogP contribution < -0.4 is 10.6 Å². The fourth-order valence-electron chi connectivity index (χ4n) is 1.46. The zero-order chi connectivity index (χ0) is 15.1. The Morgan fingerprint density at radius 2 is 1.05 bits per heavy atom. The van der Waals surface area contributed by atoms with E-state index in [2.05, 4.69) is 10.6 Å². The van der Waals surface area contributed by atoms with Crippen molar-refractivity contribution in [3.05, 3.63) is 35.4 Å². The zero-order valence-corrected chi connectivity index (χ0v) is 11.4. The summed E-state index contributed by atoms with van der Waals surface area (Å²) >= 11 is 0. The normalized spacial score (nSPS) is 9.70. The van der Waals surface area contributed by atoms with Gasteiger partial charge in [-0.05, 0) is 0 Å². The maximum atomic E-state index is 11.7. The minimum Gasteiger partial charge on any atom is -0.349 e. The van der Waals surface area contributed by atoms with Gasteiger partial charge in [-0.2, -0.15) is 0 Å². The van der Waals surface area contributed by atoms with Crippen molar-refractivity contribution in [3.8, 4) is 0 Å². The second-order valence-corrected chi connectivity index (χ2v) is 4.24. The van der Waals surface area contributed by atoms with Crippen molar-refractivity contribution < 1.29 is 19.2 Å². The van der Waals surface area contributed by atoms with Gasteiger partial charge < -0.3 is 10.6 Å². The first-order chi connectivity index (χ1) is 9.40. The molecule has 2 N–H and O–H groups in total. The fraction of sp³-hybridized carbons (Fsp3) is 0.286. The van der Waals surface area contributed by atoms with Gasteiger partial charge in [-0.15, -0.1) is 0 Å². The van der Waals surface area contributed by atoms with Crippen LogP contribution in [0.2, 0.25) is 0 Å². The van der Waals surface area contributed by atoms with Crippen molar-refractivity contribution in [1.29, 1.82) is 0 Å². The van der Waals surface area contributed by atoms with E-state index in [0.717, 1.165) is 0 Å². The highest BCUT2D eigenvalue weighted by atomic mass is 16.2. The Morgan fingerprint density at radius 1 is 0.750 bits per heavy atom. The largest absolute Gasteiger partial charge is 0.349 e. The molecule has 2 amide bonds. The van der Waals surface area contributed by atoms with Crippen molar-refractivity contribution in [2.24, 2.45) is 0 Å². The van der Waals surface area contributed by atoms with Crippen LogP contribution in [-0.4, -0.2) is 36.5 Å². The standard InChI is InChI=1S/C14H16N2O4/c1-9(17)15-7-13(19)11-3-5-12(6-4-11)14(20)8-16-10(2)18/h3-6H,7-8H2,1-2H3,(H,15,17)(H,16,18). The summed E-state index contributed by atoms with van der Waals surface area (Å²) in [4.78, 5) is 44.8. The van der Waals surface area contributed by atoms with Crippen molar-refractivity contribution >= 4 is 23.4 Å². The average Bonchev–Trinajstić information content (AvgIpc) is 2.42. The van der Waals surface area contributed by atoms with E-state index in [-0.39, 0.29) is 36.5 Å². The Kier molecular flexibility index (Phi) is 5.58. The van der Waals surface area contributed by atoms with Crippen LogP contribution in [0.1, 0.15) is 34.6 Å². The number of Topliss-reactive ketones (excluding diaryl/α,β-unsaturated/α-hetero) is 2. The number of carbonyl (C=O) groups excluding carboxylic acids is 4. The molecule has 1 aromatic carbocycles. The summed E-state index contributed by atoms with van der Waals surface area (Å²) in [6, 6.07) is 6.08. The van der Waals surface area contributed by atoms with Crippen LogP contribution >= 0.6 is 0 Å². The molecule has 0 aliphatic carbocycles. The predicted octanol–water partition coefficient (Wildman–Crippen LogP) is 0.324. The summed E-state index contributed by atoms with van der Waals surface area (Å²) in [5.74, 6) is -1.02. The number of amides is 2. The topological polar surface area (TPSA) is 92.3 Å². The lowest BCUT2D eigenvalue weighted by Gasteiger charge is -2.04. The summed E-state index contributed by atoms with van der Waals surface area (Å²) in [6.45, 7) is 2.51. The first-order valence-electron chi connectivity index (χ1n) is 6.05. The lowest BCUT2D eigenvalue weighted by atomic mass is 10.1. The number of hydrogen-bond acceptors (Lipinski definition) is 4. The molecule has 0 unspecified atom stereocenters. The monoisotopic (exact) mass is 276 g/mol. The van der Waals surface area contributed by atoms with Gasteiger partial charge in [0.2, 0.25) is 11.8 Å². The van der Waals surface area contributed by atoms with E-state index in [1.165, 1.54) is 38.1 Å². The first kappa shape index (κ1) is 15.6. The quantitative estimate of drug-likeness (QED) is 0.732. The van der Waals surface area contributed by atoms with E-state index in [0.29, 0.717) is 11.1 Å². The number of ketones is 2. The lowest BCUT2D eigenvalue weighted by molar-refractivity contribution is -0.119. The lowest BCUT2D eigenvalue weighted by Crippen LogP contribution is -2.28. The van der Waals surface area contributed by atoms with Gasteiger partial charge in [-0.3, -0.25) is 19.2 Å². The Balaban J connectivity index is 2.63. The maximum Gasteiger partial charge on any atom is 0.217 e. The smallest absolute Gasteiger partial charge is 0.217 e. The highest BCUT2D eigenvalue weighted by molar-refractivity contribution is 6.02. The molecule has 6 nitrogen and oxygen atoms in total. The molecular formula is C14H16N2O4. The number of carbonyl (C=O) groups is 4. The number of benzene rings is 1. The Morgan fingerprint density at radius 3 is 1.30 bits per heavy atom. The van der Waals surface area contributed by atoms with Crippen LogP contribution in [0, 0.1) is 0 Å². The van der Waals surface area contributed by atoms with Gasteiger partial charge in [0.15, 0.2) is 11.6 Å². The van der Waals surface area contributed by atoms with Crippen molar-refractivity contribution in [2.45, 2.75) is 13.8 Å². The van der Waals surface area contributed by atoms with Gasteiger partial charge in [0, 0.05) is 25.0 Å². The molecular weight excluding hydrogens is 260 g/mol. The molecule has 0 aliphatic rings. The van der Waals surface area contributed by atoms with Crippen LogP contribution in [0.25, 0.3) is 0 Å². The molecule has 20 heavy (non-hydrogen) atoms. The van der Waals surface area contributed by atoms with Crippen molar-refractivity contribution in [3.63, 3.8) is 0 Å². The van der Waals surface area contributed by atoms with E-state index >= 15 is 0 Å². The van der Waals surface area contributed by atoms with Gasteiger partial charge in [-0.25, -0.2) is 0 Å². The second kappa shape index (κ2) is 7.18. The zero-order valence-electron chi connectivity index (χ0n) is 11.4. The van der Waals surface area contributed by atoms with Gasteiger partial charge in [0.25, 0.3) is 0 Å². The average molecular weight is 276 g/mol. The van der Waals surface area contributed by atoms with Gasteiger partial charge in [0.1, 0.15) is 0 Å². The molecule has 0 radical (unpaired) electrons. The molecule has 6 heteroatoms. The molecule has 0 atom stereocenters. The molecule has 0 saturated heterocycles. The Labute approximate surface area is 116 Å². The van der Waals surface area contributed by atoms with Crippen molar-refractivity contribution in [1.82, 2.24) is 10.6 Å². The van der Waals surface area contributed by atoms with Crippen molar-refractivity contribution in [2.75, 3.05) is 13.1 Å². The predicted molar refractivity (Wildman–Crippen MR) is 72.5 cm³/mol. The van der Waals surface area contributed by atoms with E-state index in [1.54, 1.807) is 0 Å². The molecule has 1 rings (SSSR count). The molecule has 0 aliphatic heterocycles. The number of nitrogens with one attached hydrogen (secondary N) is 2.